The topological polar surface area (TPSA) is 41.6 Å². The molecule has 1 aromatic rings. The summed E-state index contributed by atoms with van der Waals surface area (Å²) in [5.74, 6) is -0.257. The van der Waals surface area contributed by atoms with Gasteiger partial charge in [0.05, 0.1) is 12.7 Å². The van der Waals surface area contributed by atoms with Crippen molar-refractivity contribution in [3.8, 4) is 0 Å². The molecule has 0 aromatic carbocycles. The second-order valence-electron chi connectivity index (χ2n) is 5.72. The summed E-state index contributed by atoms with van der Waals surface area (Å²) in [4.78, 5) is 15.7. The molecular formula is C17H26N2O2S2. The molecule has 1 aromatic heterocycles. The Morgan fingerprint density at radius 2 is 1.87 bits per heavy atom. The predicted molar refractivity (Wildman–Crippen MR) is 101 cm³/mol. The fraction of sp³-hybridized carbons (Fsp3) is 0.647. The van der Waals surface area contributed by atoms with Crippen molar-refractivity contribution in [3.63, 3.8) is 0 Å². The number of rotatable bonds is 4. The molecule has 4 nitrogen and oxygen atoms in total. The fourth-order valence-electron chi connectivity index (χ4n) is 3.01. The van der Waals surface area contributed by atoms with E-state index >= 15 is 0 Å². The van der Waals surface area contributed by atoms with Gasteiger partial charge in [0.25, 0.3) is 0 Å². The van der Waals surface area contributed by atoms with Crippen LogP contribution in [0.4, 0.5) is 5.00 Å². The summed E-state index contributed by atoms with van der Waals surface area (Å²) in [5.41, 5.74) is 1.87. The van der Waals surface area contributed by atoms with E-state index in [0.29, 0.717) is 10.7 Å². The normalized spacial score (nSPS) is 14.4. The number of anilines is 1. The van der Waals surface area contributed by atoms with Gasteiger partial charge in [0.2, 0.25) is 0 Å². The zero-order valence-electron chi connectivity index (χ0n) is 14.2. The number of nitrogens with one attached hydrogen (secondary N) is 1. The molecule has 6 heteroatoms. The molecule has 0 saturated heterocycles. The van der Waals surface area contributed by atoms with Crippen molar-refractivity contribution >= 4 is 39.6 Å². The minimum absolute atomic E-state index is 0.257. The van der Waals surface area contributed by atoms with Crippen LogP contribution in [0.1, 0.15) is 60.3 Å². The molecule has 0 spiro atoms. The van der Waals surface area contributed by atoms with Crippen molar-refractivity contribution in [2.75, 3.05) is 25.5 Å². The molecule has 0 atom stereocenters. The Labute approximate surface area is 148 Å². The van der Waals surface area contributed by atoms with E-state index in [2.05, 4.69) is 24.1 Å². The lowest BCUT2D eigenvalue weighted by Crippen LogP contribution is -2.34. The van der Waals surface area contributed by atoms with Gasteiger partial charge < -0.3 is 15.0 Å². The van der Waals surface area contributed by atoms with E-state index in [1.807, 2.05) is 0 Å². The molecule has 0 aliphatic heterocycles. The van der Waals surface area contributed by atoms with Gasteiger partial charge >= 0.3 is 5.97 Å². The number of carbonyl (C=O) groups is 1. The Morgan fingerprint density at radius 1 is 1.22 bits per heavy atom. The number of hydrogen-bond donors (Lipinski definition) is 1. The zero-order valence-corrected chi connectivity index (χ0v) is 15.9. The highest BCUT2D eigenvalue weighted by Crippen LogP contribution is 2.37. The van der Waals surface area contributed by atoms with Gasteiger partial charge in [-0.15, -0.1) is 11.3 Å². The summed E-state index contributed by atoms with van der Waals surface area (Å²) in [6, 6.07) is 0. The van der Waals surface area contributed by atoms with E-state index in [0.717, 1.165) is 37.4 Å². The third-order valence-corrected chi connectivity index (χ3v) is 5.90. The Bertz CT molecular complexity index is 565. The van der Waals surface area contributed by atoms with Crippen LogP contribution < -0.4 is 5.32 Å². The number of aryl methyl sites for hydroxylation is 1. The highest BCUT2D eigenvalue weighted by molar-refractivity contribution is 7.80. The second kappa shape index (κ2) is 8.64. The first kappa shape index (κ1) is 18.2. The van der Waals surface area contributed by atoms with Crippen LogP contribution in [0.3, 0.4) is 0 Å². The van der Waals surface area contributed by atoms with Crippen LogP contribution in [-0.2, 0) is 17.6 Å². The summed E-state index contributed by atoms with van der Waals surface area (Å²) in [7, 11) is 1.45. The lowest BCUT2D eigenvalue weighted by atomic mass is 9.96. The Morgan fingerprint density at radius 3 is 2.48 bits per heavy atom. The lowest BCUT2D eigenvalue weighted by molar-refractivity contribution is 0.0601. The quantitative estimate of drug-likeness (QED) is 0.647. The van der Waals surface area contributed by atoms with E-state index in [1.54, 1.807) is 11.3 Å². The smallest absolute Gasteiger partial charge is 0.341 e. The van der Waals surface area contributed by atoms with Gasteiger partial charge in [-0.2, -0.15) is 0 Å². The minimum atomic E-state index is -0.257. The number of ether oxygens (including phenoxy) is 1. The van der Waals surface area contributed by atoms with E-state index in [4.69, 9.17) is 17.0 Å². The molecule has 1 aliphatic carbocycles. The predicted octanol–water partition coefficient (Wildman–Crippen LogP) is 4.23. The van der Waals surface area contributed by atoms with Gasteiger partial charge in [0.15, 0.2) is 5.11 Å². The summed E-state index contributed by atoms with van der Waals surface area (Å²) in [5, 5.41) is 4.82. The van der Waals surface area contributed by atoms with Gasteiger partial charge in [-0.3, -0.25) is 0 Å². The molecule has 0 fully saturated rings. The van der Waals surface area contributed by atoms with Crippen LogP contribution in [0.5, 0.6) is 0 Å². The van der Waals surface area contributed by atoms with Crippen molar-refractivity contribution in [3.05, 3.63) is 16.0 Å². The maximum Gasteiger partial charge on any atom is 0.341 e. The van der Waals surface area contributed by atoms with E-state index < -0.39 is 0 Å². The van der Waals surface area contributed by atoms with Gasteiger partial charge in [-0.1, -0.05) is 12.8 Å². The first-order chi connectivity index (χ1) is 11.1. The van der Waals surface area contributed by atoms with E-state index in [-0.39, 0.29) is 5.97 Å². The molecule has 128 valence electrons. The number of methoxy groups -OCH3 is 1. The average Bonchev–Trinajstić information content (AvgIpc) is 2.84. The second-order valence-corrected chi connectivity index (χ2v) is 7.21. The number of thiocarbonyl (C=S) groups is 1. The third-order valence-electron chi connectivity index (χ3n) is 4.33. The number of hydrogen-bond acceptors (Lipinski definition) is 4. The summed E-state index contributed by atoms with van der Waals surface area (Å²) >= 11 is 7.17. The number of fused-ring (bicyclic) bond motifs is 1. The maximum atomic E-state index is 12.3. The van der Waals surface area contributed by atoms with Crippen LogP contribution >= 0.6 is 23.6 Å². The van der Waals surface area contributed by atoms with Gasteiger partial charge in [-0.25, -0.2) is 4.79 Å². The maximum absolute atomic E-state index is 12.3. The largest absolute Gasteiger partial charge is 0.465 e. The van der Waals surface area contributed by atoms with E-state index in [1.165, 1.54) is 36.8 Å². The monoisotopic (exact) mass is 354 g/mol. The average molecular weight is 355 g/mol. The van der Waals surface area contributed by atoms with Crippen molar-refractivity contribution in [1.82, 2.24) is 4.90 Å². The fourth-order valence-corrected chi connectivity index (χ4v) is 4.71. The number of carbonyl (C=O) groups excluding carboxylic acids is 1. The SMILES string of the molecule is CCN(CC)C(=S)Nc1sc2c(c1C(=O)OC)CCCCCC2. The minimum Gasteiger partial charge on any atom is -0.465 e. The highest BCUT2D eigenvalue weighted by Gasteiger charge is 2.25. The molecule has 0 bridgehead atoms. The molecule has 0 amide bonds. The zero-order chi connectivity index (χ0) is 16.8. The first-order valence-electron chi connectivity index (χ1n) is 8.41. The Kier molecular flexibility index (Phi) is 6.84. The Balaban J connectivity index is 2.35. The number of esters is 1. The summed E-state index contributed by atoms with van der Waals surface area (Å²) in [6.45, 7) is 5.85. The molecule has 1 aliphatic rings. The van der Waals surface area contributed by atoms with Crippen LogP contribution in [0.2, 0.25) is 0 Å². The Hall–Kier alpha value is -1.14. The molecule has 23 heavy (non-hydrogen) atoms. The van der Waals surface area contributed by atoms with Crippen molar-refractivity contribution in [2.24, 2.45) is 0 Å². The molecule has 0 unspecified atom stereocenters. The summed E-state index contributed by atoms with van der Waals surface area (Å²) < 4.78 is 5.04. The first-order valence-corrected chi connectivity index (χ1v) is 9.63. The van der Waals surface area contributed by atoms with Gasteiger partial charge in [0.1, 0.15) is 5.00 Å². The van der Waals surface area contributed by atoms with E-state index in [9.17, 15) is 4.79 Å². The van der Waals surface area contributed by atoms with Crippen LogP contribution in [0.15, 0.2) is 0 Å². The molecule has 1 heterocycles. The van der Waals surface area contributed by atoms with Crippen LogP contribution in [-0.4, -0.2) is 36.2 Å². The number of thiophene rings is 1. The lowest BCUT2D eigenvalue weighted by Gasteiger charge is -2.22. The standard InChI is InChI=1S/C17H26N2O2S2/c1-4-19(5-2)17(22)18-15-14(16(20)21-3)12-10-8-6-7-9-11-13(12)23-15/h4-11H2,1-3H3,(H,18,22). The van der Waals surface area contributed by atoms with Gasteiger partial charge in [-0.05, 0) is 57.3 Å². The van der Waals surface area contributed by atoms with Crippen LogP contribution in [0, 0.1) is 0 Å². The van der Waals surface area contributed by atoms with Crippen molar-refractivity contribution in [2.45, 2.75) is 52.4 Å². The van der Waals surface area contributed by atoms with Crippen molar-refractivity contribution < 1.29 is 9.53 Å². The van der Waals surface area contributed by atoms with Crippen molar-refractivity contribution in [1.29, 1.82) is 0 Å². The summed E-state index contributed by atoms with van der Waals surface area (Å²) in [6.07, 6.45) is 6.82. The number of nitrogens with zero attached hydrogens (tertiary/aromatic N) is 1. The molecule has 1 N–H and O–H groups in total. The third kappa shape index (κ3) is 4.23. The molecule has 0 saturated carbocycles. The molecular weight excluding hydrogens is 328 g/mol. The molecule has 2 rings (SSSR count). The highest BCUT2D eigenvalue weighted by atomic mass is 32.1. The molecule has 0 radical (unpaired) electrons. The van der Waals surface area contributed by atoms with Gasteiger partial charge in [0, 0.05) is 18.0 Å². The van der Waals surface area contributed by atoms with Crippen LogP contribution in [0.25, 0.3) is 0 Å².